The van der Waals surface area contributed by atoms with Crippen molar-refractivity contribution >= 4 is 5.69 Å². The van der Waals surface area contributed by atoms with Crippen molar-refractivity contribution in [2.75, 3.05) is 25.5 Å². The summed E-state index contributed by atoms with van der Waals surface area (Å²) in [7, 11) is 4.09. The lowest BCUT2D eigenvalue weighted by Gasteiger charge is -2.17. The van der Waals surface area contributed by atoms with Gasteiger partial charge in [-0.1, -0.05) is 6.07 Å². The maximum Gasteiger partial charge on any atom is 0.121 e. The van der Waals surface area contributed by atoms with E-state index in [0.29, 0.717) is 0 Å². The third kappa shape index (κ3) is 4.22. The summed E-state index contributed by atoms with van der Waals surface area (Å²) in [5.41, 5.74) is 1.18. The molecule has 1 atom stereocenters. The summed E-state index contributed by atoms with van der Waals surface area (Å²) in [4.78, 5) is 2.09. The molecule has 0 radical (unpaired) electrons. The number of nitrogens with zero attached hydrogens (tertiary/aromatic N) is 1. The smallest absolute Gasteiger partial charge is 0.121 e. The molecule has 3 heteroatoms. The van der Waals surface area contributed by atoms with Gasteiger partial charge in [-0.05, 0) is 44.9 Å². The fourth-order valence-corrected chi connectivity index (χ4v) is 1.90. The Bertz CT molecular complexity index is 375. The summed E-state index contributed by atoms with van der Waals surface area (Å²) in [6, 6.07) is 9.03. The normalized spacial score (nSPS) is 16.4. The average Bonchev–Trinajstić information content (AvgIpc) is 3.13. The van der Waals surface area contributed by atoms with E-state index in [1.807, 2.05) is 26.2 Å². The molecular weight excluding hydrogens is 224 g/mol. The maximum atomic E-state index is 5.94. The van der Waals surface area contributed by atoms with Gasteiger partial charge in [-0.15, -0.1) is 0 Å². The molecule has 0 aromatic heterocycles. The predicted molar refractivity (Wildman–Crippen MR) is 76.5 cm³/mol. The molecule has 18 heavy (non-hydrogen) atoms. The Kier molecular flexibility index (Phi) is 4.48. The van der Waals surface area contributed by atoms with Gasteiger partial charge in [0.25, 0.3) is 0 Å². The van der Waals surface area contributed by atoms with Crippen molar-refractivity contribution in [3.63, 3.8) is 0 Å². The van der Waals surface area contributed by atoms with Crippen molar-refractivity contribution in [1.82, 2.24) is 5.32 Å². The van der Waals surface area contributed by atoms with Crippen LogP contribution in [-0.2, 0) is 0 Å². The lowest BCUT2D eigenvalue weighted by Crippen LogP contribution is -2.23. The molecule has 1 aliphatic carbocycles. The molecule has 1 aromatic carbocycles. The molecule has 1 aliphatic rings. The van der Waals surface area contributed by atoms with Gasteiger partial charge in [0.2, 0.25) is 0 Å². The second-order valence-corrected chi connectivity index (χ2v) is 5.34. The zero-order chi connectivity index (χ0) is 13.0. The fraction of sp³-hybridized carbons (Fsp3) is 0.600. The highest BCUT2D eigenvalue weighted by molar-refractivity contribution is 5.49. The largest absolute Gasteiger partial charge is 0.491 e. The molecular formula is C15H24N2O. The number of ether oxygens (including phenoxy) is 1. The highest BCUT2D eigenvalue weighted by Crippen LogP contribution is 2.21. The molecule has 3 nitrogen and oxygen atoms in total. The molecule has 0 bridgehead atoms. The van der Waals surface area contributed by atoms with E-state index in [-0.39, 0.29) is 6.10 Å². The van der Waals surface area contributed by atoms with Gasteiger partial charge < -0.3 is 15.0 Å². The van der Waals surface area contributed by atoms with E-state index in [1.165, 1.54) is 18.5 Å². The Morgan fingerprint density at radius 3 is 2.83 bits per heavy atom. The number of hydrogen-bond acceptors (Lipinski definition) is 3. The molecule has 1 N–H and O–H groups in total. The molecule has 0 aliphatic heterocycles. The second kappa shape index (κ2) is 6.10. The third-order valence-electron chi connectivity index (χ3n) is 3.23. The van der Waals surface area contributed by atoms with Gasteiger partial charge in [0.1, 0.15) is 5.75 Å². The summed E-state index contributed by atoms with van der Waals surface area (Å²) < 4.78 is 5.94. The van der Waals surface area contributed by atoms with E-state index in [2.05, 4.69) is 29.3 Å². The summed E-state index contributed by atoms with van der Waals surface area (Å²) in [6.45, 7) is 3.19. The number of benzene rings is 1. The van der Waals surface area contributed by atoms with Gasteiger partial charge in [-0.25, -0.2) is 0 Å². The molecule has 0 spiro atoms. The Morgan fingerprint density at radius 2 is 2.17 bits per heavy atom. The second-order valence-electron chi connectivity index (χ2n) is 5.34. The van der Waals surface area contributed by atoms with E-state index < -0.39 is 0 Å². The number of rotatable bonds is 7. The van der Waals surface area contributed by atoms with Crippen LogP contribution in [-0.4, -0.2) is 32.8 Å². The van der Waals surface area contributed by atoms with Crippen LogP contribution in [0.3, 0.4) is 0 Å². The van der Waals surface area contributed by atoms with Gasteiger partial charge in [-0.3, -0.25) is 0 Å². The van der Waals surface area contributed by atoms with E-state index in [4.69, 9.17) is 4.74 Å². The Balaban J connectivity index is 1.77. The maximum absolute atomic E-state index is 5.94. The van der Waals surface area contributed by atoms with Gasteiger partial charge in [-0.2, -0.15) is 0 Å². The lowest BCUT2D eigenvalue weighted by atomic mass is 10.2. The van der Waals surface area contributed by atoms with Gasteiger partial charge >= 0.3 is 0 Å². The SMILES string of the molecule is CC(CCNC1CC1)Oc1cccc(N(C)C)c1. The molecule has 1 aromatic rings. The van der Waals surface area contributed by atoms with Crippen LogP contribution < -0.4 is 15.0 Å². The highest BCUT2D eigenvalue weighted by atomic mass is 16.5. The first-order valence-corrected chi connectivity index (χ1v) is 6.82. The first kappa shape index (κ1) is 13.2. The molecule has 1 unspecified atom stereocenters. The Morgan fingerprint density at radius 1 is 1.39 bits per heavy atom. The zero-order valence-electron chi connectivity index (χ0n) is 11.6. The molecule has 0 amide bonds. The van der Waals surface area contributed by atoms with Crippen LogP contribution in [0.25, 0.3) is 0 Å². The van der Waals surface area contributed by atoms with Crippen molar-refractivity contribution in [1.29, 1.82) is 0 Å². The molecule has 1 saturated carbocycles. The number of hydrogen-bond donors (Lipinski definition) is 1. The van der Waals surface area contributed by atoms with E-state index >= 15 is 0 Å². The first-order valence-electron chi connectivity index (χ1n) is 6.82. The van der Waals surface area contributed by atoms with E-state index in [9.17, 15) is 0 Å². The summed E-state index contributed by atoms with van der Waals surface area (Å²) >= 11 is 0. The van der Waals surface area contributed by atoms with Crippen molar-refractivity contribution in [3.8, 4) is 5.75 Å². The van der Waals surface area contributed by atoms with Crippen LogP contribution in [0.1, 0.15) is 26.2 Å². The molecule has 100 valence electrons. The van der Waals surface area contributed by atoms with E-state index in [0.717, 1.165) is 24.8 Å². The van der Waals surface area contributed by atoms with Crippen molar-refractivity contribution < 1.29 is 4.74 Å². The molecule has 0 heterocycles. The topological polar surface area (TPSA) is 24.5 Å². The molecule has 1 fully saturated rings. The minimum absolute atomic E-state index is 0.258. The number of nitrogens with one attached hydrogen (secondary N) is 1. The van der Waals surface area contributed by atoms with Crippen molar-refractivity contribution in [2.45, 2.75) is 38.3 Å². The monoisotopic (exact) mass is 248 g/mol. The van der Waals surface area contributed by atoms with Crippen LogP contribution in [0.2, 0.25) is 0 Å². The minimum Gasteiger partial charge on any atom is -0.491 e. The van der Waals surface area contributed by atoms with Crippen molar-refractivity contribution in [3.05, 3.63) is 24.3 Å². The summed E-state index contributed by atoms with van der Waals surface area (Å²) in [6.07, 6.45) is 4.01. The van der Waals surface area contributed by atoms with Gasteiger partial charge in [0.05, 0.1) is 6.10 Å². The third-order valence-corrected chi connectivity index (χ3v) is 3.23. The summed E-state index contributed by atoms with van der Waals surface area (Å²) in [5, 5.41) is 3.51. The quantitative estimate of drug-likeness (QED) is 0.803. The predicted octanol–water partition coefficient (Wildman–Crippen LogP) is 2.66. The van der Waals surface area contributed by atoms with Crippen LogP contribution in [0.5, 0.6) is 5.75 Å². The zero-order valence-corrected chi connectivity index (χ0v) is 11.6. The first-order chi connectivity index (χ1) is 8.65. The molecule has 2 rings (SSSR count). The van der Waals surface area contributed by atoms with Crippen LogP contribution in [0, 0.1) is 0 Å². The average molecular weight is 248 g/mol. The van der Waals surface area contributed by atoms with Crippen LogP contribution >= 0.6 is 0 Å². The minimum atomic E-state index is 0.258. The highest BCUT2D eigenvalue weighted by Gasteiger charge is 2.20. The Labute approximate surface area is 110 Å². The van der Waals surface area contributed by atoms with Gasteiger partial charge in [0, 0.05) is 31.9 Å². The standard InChI is InChI=1S/C15H24N2O/c1-12(9-10-16-13-7-8-13)18-15-6-4-5-14(11-15)17(2)3/h4-6,11-13,16H,7-10H2,1-3H3. The summed E-state index contributed by atoms with van der Waals surface area (Å²) in [5.74, 6) is 0.958. The van der Waals surface area contributed by atoms with Crippen LogP contribution in [0.4, 0.5) is 5.69 Å². The number of anilines is 1. The van der Waals surface area contributed by atoms with Gasteiger partial charge in [0.15, 0.2) is 0 Å². The lowest BCUT2D eigenvalue weighted by molar-refractivity contribution is 0.210. The van der Waals surface area contributed by atoms with E-state index in [1.54, 1.807) is 0 Å². The molecule has 0 saturated heterocycles. The van der Waals surface area contributed by atoms with Crippen molar-refractivity contribution in [2.24, 2.45) is 0 Å². The fourth-order valence-electron chi connectivity index (χ4n) is 1.90. The van der Waals surface area contributed by atoms with Crippen LogP contribution in [0.15, 0.2) is 24.3 Å². The Hall–Kier alpha value is -1.22.